The van der Waals surface area contributed by atoms with Gasteiger partial charge in [0.2, 0.25) is 0 Å². The maximum atomic E-state index is 10.9. The van der Waals surface area contributed by atoms with Crippen molar-refractivity contribution >= 4 is 5.69 Å². The molecule has 2 unspecified atom stereocenters. The van der Waals surface area contributed by atoms with E-state index in [1.165, 1.54) is 11.3 Å². The van der Waals surface area contributed by atoms with Crippen LogP contribution in [0.4, 0.5) is 5.69 Å². The lowest BCUT2D eigenvalue weighted by atomic mass is 9.81. The number of nitrogens with one attached hydrogen (secondary N) is 2. The highest BCUT2D eigenvalue weighted by atomic mass is 16.3. The average Bonchev–Trinajstić information content (AvgIpc) is 2.64. The van der Waals surface area contributed by atoms with Gasteiger partial charge in [0.1, 0.15) is 0 Å². The maximum absolute atomic E-state index is 10.9. The number of rotatable bonds is 1. The van der Waals surface area contributed by atoms with Crippen LogP contribution in [0.1, 0.15) is 31.2 Å². The molecule has 3 nitrogen and oxygen atoms in total. The first-order valence-corrected chi connectivity index (χ1v) is 7.05. The largest absolute Gasteiger partial charge is 0.388 e. The zero-order valence-corrected chi connectivity index (χ0v) is 10.8. The van der Waals surface area contributed by atoms with Crippen molar-refractivity contribution in [2.45, 2.75) is 43.7 Å². The summed E-state index contributed by atoms with van der Waals surface area (Å²) in [6, 6.07) is 8.65. The molecular formula is C15H22N2O. The van der Waals surface area contributed by atoms with Crippen LogP contribution in [0.5, 0.6) is 0 Å². The van der Waals surface area contributed by atoms with Crippen LogP contribution < -0.4 is 10.6 Å². The summed E-state index contributed by atoms with van der Waals surface area (Å²) in [5, 5.41) is 17.8. The average molecular weight is 246 g/mol. The Balaban J connectivity index is 1.78. The summed E-state index contributed by atoms with van der Waals surface area (Å²) in [7, 11) is 0. The molecule has 18 heavy (non-hydrogen) atoms. The van der Waals surface area contributed by atoms with Gasteiger partial charge in [-0.05, 0) is 56.8 Å². The molecule has 98 valence electrons. The molecule has 0 radical (unpaired) electrons. The van der Waals surface area contributed by atoms with Crippen LogP contribution in [-0.2, 0) is 6.42 Å². The fraction of sp³-hybridized carbons (Fsp3) is 0.600. The maximum Gasteiger partial charge on any atom is 0.0860 e. The van der Waals surface area contributed by atoms with E-state index in [0.29, 0.717) is 0 Å². The molecule has 1 aromatic carbocycles. The number of aryl methyl sites for hydroxylation is 1. The summed E-state index contributed by atoms with van der Waals surface area (Å²) in [6.45, 7) is 1.96. The lowest BCUT2D eigenvalue weighted by molar-refractivity contribution is 0.00582. The molecule has 0 aliphatic carbocycles. The molecular weight excluding hydrogens is 224 g/mol. The van der Waals surface area contributed by atoms with Crippen molar-refractivity contribution in [3.63, 3.8) is 0 Å². The number of hydrogen-bond acceptors (Lipinski definition) is 3. The number of benzene rings is 1. The SMILES string of the molecule is OC1(C2CCc3ccccc3N2)CCCNCC1. The van der Waals surface area contributed by atoms with Crippen LogP contribution in [0.2, 0.25) is 0 Å². The lowest BCUT2D eigenvalue weighted by Crippen LogP contribution is -2.49. The molecule has 2 aliphatic heterocycles. The molecule has 1 aromatic rings. The summed E-state index contributed by atoms with van der Waals surface area (Å²) in [5.41, 5.74) is 2.04. The topological polar surface area (TPSA) is 44.3 Å². The predicted octanol–water partition coefficient (Wildman–Crippen LogP) is 1.92. The highest BCUT2D eigenvalue weighted by Crippen LogP contribution is 2.33. The van der Waals surface area contributed by atoms with Crippen molar-refractivity contribution in [1.29, 1.82) is 0 Å². The number of hydrogen-bond donors (Lipinski definition) is 3. The summed E-state index contributed by atoms with van der Waals surface area (Å²) in [5.74, 6) is 0. The van der Waals surface area contributed by atoms with Gasteiger partial charge in [0, 0.05) is 5.69 Å². The summed E-state index contributed by atoms with van der Waals surface area (Å²) < 4.78 is 0. The van der Waals surface area contributed by atoms with E-state index in [4.69, 9.17) is 0 Å². The van der Waals surface area contributed by atoms with Gasteiger partial charge in [-0.15, -0.1) is 0 Å². The minimum absolute atomic E-state index is 0.201. The van der Waals surface area contributed by atoms with Gasteiger partial charge >= 0.3 is 0 Å². The summed E-state index contributed by atoms with van der Waals surface area (Å²) >= 11 is 0. The standard InChI is InChI=1S/C15H22N2O/c18-15(8-3-10-16-11-9-15)14-7-6-12-4-1-2-5-13(12)17-14/h1-2,4-5,14,16-18H,3,6-11H2. The molecule has 3 N–H and O–H groups in total. The van der Waals surface area contributed by atoms with E-state index in [2.05, 4.69) is 34.9 Å². The van der Waals surface area contributed by atoms with Gasteiger partial charge < -0.3 is 15.7 Å². The number of para-hydroxylation sites is 1. The van der Waals surface area contributed by atoms with Crippen LogP contribution in [0.3, 0.4) is 0 Å². The summed E-state index contributed by atoms with van der Waals surface area (Å²) in [6.07, 6.45) is 4.93. The Morgan fingerprint density at radius 3 is 3.00 bits per heavy atom. The normalized spacial score (nSPS) is 32.2. The van der Waals surface area contributed by atoms with Crippen molar-refractivity contribution in [1.82, 2.24) is 5.32 Å². The van der Waals surface area contributed by atoms with Crippen molar-refractivity contribution < 1.29 is 5.11 Å². The molecule has 2 aliphatic rings. The Morgan fingerprint density at radius 2 is 2.06 bits per heavy atom. The van der Waals surface area contributed by atoms with E-state index in [9.17, 15) is 5.11 Å². The van der Waals surface area contributed by atoms with Gasteiger partial charge in [-0.1, -0.05) is 18.2 Å². The van der Waals surface area contributed by atoms with Crippen molar-refractivity contribution in [3.05, 3.63) is 29.8 Å². The zero-order chi connectivity index (χ0) is 12.4. The Kier molecular flexibility index (Phi) is 3.27. The van der Waals surface area contributed by atoms with Crippen molar-refractivity contribution in [3.8, 4) is 0 Å². The second-order valence-electron chi connectivity index (χ2n) is 5.60. The first kappa shape index (κ1) is 12.0. The van der Waals surface area contributed by atoms with Gasteiger partial charge in [-0.25, -0.2) is 0 Å². The summed E-state index contributed by atoms with van der Waals surface area (Å²) in [4.78, 5) is 0. The first-order valence-electron chi connectivity index (χ1n) is 7.05. The molecule has 0 aromatic heterocycles. The van der Waals surface area contributed by atoms with Crippen LogP contribution in [0.15, 0.2) is 24.3 Å². The van der Waals surface area contributed by atoms with Gasteiger partial charge in [-0.3, -0.25) is 0 Å². The Hall–Kier alpha value is -1.06. The molecule has 0 amide bonds. The van der Waals surface area contributed by atoms with Crippen LogP contribution in [0, 0.1) is 0 Å². The number of anilines is 1. The highest BCUT2D eigenvalue weighted by molar-refractivity contribution is 5.54. The molecule has 2 heterocycles. The van der Waals surface area contributed by atoms with E-state index < -0.39 is 5.60 Å². The monoisotopic (exact) mass is 246 g/mol. The zero-order valence-electron chi connectivity index (χ0n) is 10.8. The van der Waals surface area contributed by atoms with E-state index in [-0.39, 0.29) is 6.04 Å². The minimum atomic E-state index is -0.545. The Bertz CT molecular complexity index is 411. The van der Waals surface area contributed by atoms with Gasteiger partial charge in [0.05, 0.1) is 11.6 Å². The van der Waals surface area contributed by atoms with Crippen LogP contribution >= 0.6 is 0 Å². The lowest BCUT2D eigenvalue weighted by Gasteiger charge is -2.39. The fourth-order valence-corrected chi connectivity index (χ4v) is 3.26. The smallest absolute Gasteiger partial charge is 0.0860 e. The first-order chi connectivity index (χ1) is 8.78. The molecule has 0 spiro atoms. The second kappa shape index (κ2) is 4.90. The predicted molar refractivity (Wildman–Crippen MR) is 73.8 cm³/mol. The second-order valence-corrected chi connectivity index (χ2v) is 5.60. The van der Waals surface area contributed by atoms with E-state index in [1.807, 2.05) is 0 Å². The number of fused-ring (bicyclic) bond motifs is 1. The molecule has 2 atom stereocenters. The van der Waals surface area contributed by atoms with Gasteiger partial charge in [0.15, 0.2) is 0 Å². The minimum Gasteiger partial charge on any atom is -0.388 e. The van der Waals surface area contributed by atoms with E-state index in [0.717, 1.165) is 45.2 Å². The third-order valence-electron chi connectivity index (χ3n) is 4.40. The molecule has 1 saturated heterocycles. The Labute approximate surface area is 109 Å². The molecule has 3 heteroatoms. The quantitative estimate of drug-likeness (QED) is 0.709. The van der Waals surface area contributed by atoms with Crippen molar-refractivity contribution in [2.24, 2.45) is 0 Å². The Morgan fingerprint density at radius 1 is 1.17 bits per heavy atom. The molecule has 3 rings (SSSR count). The third-order valence-corrected chi connectivity index (χ3v) is 4.40. The van der Waals surface area contributed by atoms with Gasteiger partial charge in [0.25, 0.3) is 0 Å². The molecule has 1 fully saturated rings. The third kappa shape index (κ3) is 2.25. The molecule has 0 saturated carbocycles. The van der Waals surface area contributed by atoms with Gasteiger partial charge in [-0.2, -0.15) is 0 Å². The van der Waals surface area contributed by atoms with E-state index >= 15 is 0 Å². The van der Waals surface area contributed by atoms with E-state index in [1.54, 1.807) is 0 Å². The van der Waals surface area contributed by atoms with Crippen molar-refractivity contribution in [2.75, 3.05) is 18.4 Å². The van der Waals surface area contributed by atoms with Crippen LogP contribution in [-0.4, -0.2) is 29.8 Å². The highest BCUT2D eigenvalue weighted by Gasteiger charge is 2.38. The van der Waals surface area contributed by atoms with Crippen LogP contribution in [0.25, 0.3) is 0 Å². The molecule has 0 bridgehead atoms. The number of aliphatic hydroxyl groups is 1. The fourth-order valence-electron chi connectivity index (χ4n) is 3.26.